The van der Waals surface area contributed by atoms with Crippen LogP contribution in [-0.4, -0.2) is 31.4 Å². The van der Waals surface area contributed by atoms with Crippen molar-refractivity contribution in [1.82, 2.24) is 5.32 Å². The zero-order chi connectivity index (χ0) is 24.5. The summed E-state index contributed by atoms with van der Waals surface area (Å²) in [6, 6.07) is 25.7. The minimum absolute atomic E-state index is 0.0557. The average molecular weight is 470 g/mol. The molecule has 1 aliphatic rings. The zero-order valence-corrected chi connectivity index (χ0v) is 20.5. The van der Waals surface area contributed by atoms with Crippen molar-refractivity contribution >= 4 is 23.2 Å². The Morgan fingerprint density at radius 2 is 1.57 bits per heavy atom. The minimum Gasteiger partial charge on any atom is -0.371 e. The molecule has 0 spiro atoms. The third kappa shape index (κ3) is 6.50. The van der Waals surface area contributed by atoms with Gasteiger partial charge in [-0.2, -0.15) is 0 Å². The second-order valence-corrected chi connectivity index (χ2v) is 9.13. The third-order valence-corrected chi connectivity index (χ3v) is 6.67. The molecule has 0 saturated carbocycles. The van der Waals surface area contributed by atoms with E-state index in [0.717, 1.165) is 43.6 Å². The Balaban J connectivity index is 1.51. The van der Waals surface area contributed by atoms with E-state index in [9.17, 15) is 9.59 Å². The van der Waals surface area contributed by atoms with Crippen LogP contribution in [0.1, 0.15) is 60.0 Å². The van der Waals surface area contributed by atoms with Gasteiger partial charge in [-0.1, -0.05) is 67.6 Å². The normalized spacial score (nSPS) is 14.3. The Bertz CT molecular complexity index is 1110. The molecule has 2 amide bonds. The SMILES string of the molecule is CCC(C(=O)Nc1ccc(N2CCCCC2)c(C(=O)NCCc2ccccc2)c1)c1ccccc1. The Labute approximate surface area is 208 Å². The van der Waals surface area contributed by atoms with E-state index in [4.69, 9.17) is 0 Å². The molecule has 0 radical (unpaired) electrons. The lowest BCUT2D eigenvalue weighted by Crippen LogP contribution is -2.33. The molecule has 5 heteroatoms. The van der Waals surface area contributed by atoms with Gasteiger partial charge < -0.3 is 15.5 Å². The van der Waals surface area contributed by atoms with Crippen LogP contribution in [0, 0.1) is 0 Å². The second kappa shape index (κ2) is 12.2. The van der Waals surface area contributed by atoms with Gasteiger partial charge in [0.05, 0.1) is 11.5 Å². The molecule has 0 bridgehead atoms. The van der Waals surface area contributed by atoms with Gasteiger partial charge in [0.2, 0.25) is 5.91 Å². The standard InChI is InChI=1S/C30H35N3O2/c1-2-26(24-14-8-4-9-15-24)30(35)32-25-16-17-28(33-20-10-5-11-21-33)27(22-25)29(34)31-19-18-23-12-6-3-7-13-23/h3-4,6-9,12-17,22,26H,2,5,10-11,18-21H2,1H3,(H,31,34)(H,32,35). The van der Waals surface area contributed by atoms with Crippen molar-refractivity contribution in [3.63, 3.8) is 0 Å². The molecule has 5 nitrogen and oxygen atoms in total. The molecule has 2 N–H and O–H groups in total. The monoisotopic (exact) mass is 469 g/mol. The molecule has 4 rings (SSSR count). The Hall–Kier alpha value is -3.60. The summed E-state index contributed by atoms with van der Waals surface area (Å²) < 4.78 is 0. The summed E-state index contributed by atoms with van der Waals surface area (Å²) >= 11 is 0. The molecule has 1 unspecified atom stereocenters. The van der Waals surface area contributed by atoms with Gasteiger partial charge in [-0.05, 0) is 61.4 Å². The van der Waals surface area contributed by atoms with Gasteiger partial charge in [0.25, 0.3) is 5.91 Å². The summed E-state index contributed by atoms with van der Waals surface area (Å²) in [5, 5.41) is 6.15. The van der Waals surface area contributed by atoms with Crippen molar-refractivity contribution in [3.8, 4) is 0 Å². The number of piperidine rings is 1. The van der Waals surface area contributed by atoms with Crippen LogP contribution in [0.3, 0.4) is 0 Å². The van der Waals surface area contributed by atoms with Gasteiger partial charge in [-0.3, -0.25) is 9.59 Å². The highest BCUT2D eigenvalue weighted by Gasteiger charge is 2.22. The first-order valence-electron chi connectivity index (χ1n) is 12.7. The van der Waals surface area contributed by atoms with Crippen molar-refractivity contribution in [1.29, 1.82) is 0 Å². The minimum atomic E-state index is -0.235. The number of nitrogens with one attached hydrogen (secondary N) is 2. The fourth-order valence-electron chi connectivity index (χ4n) is 4.75. The van der Waals surface area contributed by atoms with Crippen LogP contribution in [0.2, 0.25) is 0 Å². The number of carbonyl (C=O) groups excluding carboxylic acids is 2. The predicted molar refractivity (Wildman–Crippen MR) is 143 cm³/mol. The topological polar surface area (TPSA) is 61.4 Å². The van der Waals surface area contributed by atoms with Crippen LogP contribution in [0.5, 0.6) is 0 Å². The maximum absolute atomic E-state index is 13.3. The lowest BCUT2D eigenvalue weighted by Gasteiger charge is -2.30. The first-order chi connectivity index (χ1) is 17.2. The van der Waals surface area contributed by atoms with E-state index >= 15 is 0 Å². The van der Waals surface area contributed by atoms with Crippen molar-refractivity contribution in [2.75, 3.05) is 29.9 Å². The fourth-order valence-corrected chi connectivity index (χ4v) is 4.75. The summed E-state index contributed by atoms with van der Waals surface area (Å²) in [4.78, 5) is 28.7. The number of anilines is 2. The van der Waals surface area contributed by atoms with E-state index in [1.807, 2.05) is 73.7 Å². The Kier molecular flexibility index (Phi) is 8.55. The zero-order valence-electron chi connectivity index (χ0n) is 20.5. The molecule has 3 aromatic rings. The van der Waals surface area contributed by atoms with E-state index in [1.165, 1.54) is 12.0 Å². The molecule has 1 saturated heterocycles. The highest BCUT2D eigenvalue weighted by Crippen LogP contribution is 2.28. The van der Waals surface area contributed by atoms with Crippen LogP contribution in [0.15, 0.2) is 78.9 Å². The maximum Gasteiger partial charge on any atom is 0.253 e. The largest absolute Gasteiger partial charge is 0.371 e. The van der Waals surface area contributed by atoms with Crippen LogP contribution < -0.4 is 15.5 Å². The van der Waals surface area contributed by atoms with E-state index < -0.39 is 0 Å². The molecule has 1 aliphatic heterocycles. The number of carbonyl (C=O) groups is 2. The molecular formula is C30H35N3O2. The van der Waals surface area contributed by atoms with Crippen LogP contribution >= 0.6 is 0 Å². The highest BCUT2D eigenvalue weighted by atomic mass is 16.2. The lowest BCUT2D eigenvalue weighted by molar-refractivity contribution is -0.117. The number of nitrogens with zero attached hydrogens (tertiary/aromatic N) is 1. The van der Waals surface area contributed by atoms with E-state index in [0.29, 0.717) is 24.2 Å². The molecule has 1 fully saturated rings. The number of benzene rings is 3. The lowest BCUT2D eigenvalue weighted by atomic mass is 9.95. The van der Waals surface area contributed by atoms with Crippen LogP contribution in [0.25, 0.3) is 0 Å². The smallest absolute Gasteiger partial charge is 0.253 e. The number of amides is 2. The molecule has 3 aromatic carbocycles. The first-order valence-corrected chi connectivity index (χ1v) is 12.7. The van der Waals surface area contributed by atoms with Gasteiger partial charge >= 0.3 is 0 Å². The summed E-state index contributed by atoms with van der Waals surface area (Å²) in [5.74, 6) is -0.395. The number of hydrogen-bond acceptors (Lipinski definition) is 3. The van der Waals surface area contributed by atoms with Gasteiger partial charge in [-0.25, -0.2) is 0 Å². The summed E-state index contributed by atoms with van der Waals surface area (Å²) in [6.07, 6.45) is 4.96. The molecule has 35 heavy (non-hydrogen) atoms. The summed E-state index contributed by atoms with van der Waals surface area (Å²) in [5.41, 5.74) is 4.40. The second-order valence-electron chi connectivity index (χ2n) is 9.13. The van der Waals surface area contributed by atoms with E-state index in [-0.39, 0.29) is 17.7 Å². The highest BCUT2D eigenvalue weighted by molar-refractivity contribution is 6.03. The molecule has 1 heterocycles. The fraction of sp³-hybridized carbons (Fsp3) is 0.333. The van der Waals surface area contributed by atoms with Gasteiger partial charge in [0.15, 0.2) is 0 Å². The van der Waals surface area contributed by atoms with Crippen molar-refractivity contribution < 1.29 is 9.59 Å². The van der Waals surface area contributed by atoms with Gasteiger partial charge in [0, 0.05) is 31.0 Å². The predicted octanol–water partition coefficient (Wildman–Crippen LogP) is 5.78. The molecule has 182 valence electrons. The summed E-state index contributed by atoms with van der Waals surface area (Å²) in [6.45, 7) is 4.47. The van der Waals surface area contributed by atoms with Crippen molar-refractivity contribution in [2.45, 2.75) is 44.9 Å². The number of hydrogen-bond donors (Lipinski definition) is 2. The average Bonchev–Trinajstić information content (AvgIpc) is 2.91. The molecule has 1 atom stereocenters. The van der Waals surface area contributed by atoms with Crippen molar-refractivity contribution in [3.05, 3.63) is 95.6 Å². The first kappa shape index (κ1) is 24.5. The summed E-state index contributed by atoms with van der Waals surface area (Å²) in [7, 11) is 0. The van der Waals surface area contributed by atoms with Gasteiger partial charge in [0.1, 0.15) is 0 Å². The van der Waals surface area contributed by atoms with Crippen LogP contribution in [-0.2, 0) is 11.2 Å². The van der Waals surface area contributed by atoms with Crippen LogP contribution in [0.4, 0.5) is 11.4 Å². The molecule has 0 aliphatic carbocycles. The molecule has 0 aromatic heterocycles. The quantitative estimate of drug-likeness (QED) is 0.417. The third-order valence-electron chi connectivity index (χ3n) is 6.67. The Morgan fingerprint density at radius 1 is 0.886 bits per heavy atom. The van der Waals surface area contributed by atoms with E-state index in [1.54, 1.807) is 0 Å². The molecular weight excluding hydrogens is 434 g/mol. The number of rotatable bonds is 9. The van der Waals surface area contributed by atoms with Crippen molar-refractivity contribution in [2.24, 2.45) is 0 Å². The van der Waals surface area contributed by atoms with Gasteiger partial charge in [-0.15, -0.1) is 0 Å². The van der Waals surface area contributed by atoms with E-state index in [2.05, 4.69) is 27.7 Å². The maximum atomic E-state index is 13.3. The Morgan fingerprint density at radius 3 is 2.26 bits per heavy atom.